The highest BCUT2D eigenvalue weighted by atomic mass is 16.5. The fourth-order valence-corrected chi connectivity index (χ4v) is 2.12. The van der Waals surface area contributed by atoms with Crippen LogP contribution >= 0.6 is 0 Å². The molecule has 20 heavy (non-hydrogen) atoms. The number of aromatic nitrogens is 1. The van der Waals surface area contributed by atoms with Gasteiger partial charge in [-0.1, -0.05) is 29.4 Å². The molecule has 0 atom stereocenters. The lowest BCUT2D eigenvalue weighted by molar-refractivity contribution is 0.0685. The number of carboxylic acids is 1. The average molecular weight is 273 g/mol. The van der Waals surface area contributed by atoms with Crippen molar-refractivity contribution in [2.45, 2.75) is 31.3 Å². The molecule has 0 bridgehead atoms. The molecular weight excluding hydrogens is 258 g/mol. The molecule has 3 rings (SSSR count). The molecule has 0 saturated heterocycles. The Morgan fingerprint density at radius 1 is 1.30 bits per heavy atom. The Balaban J connectivity index is 1.69. The van der Waals surface area contributed by atoms with Gasteiger partial charge in [0, 0.05) is 11.6 Å². The SMILES string of the molecule is O=C(O)c1cc(-c2ccc(CCC3(O)CC3)cc2)on1. The van der Waals surface area contributed by atoms with Crippen LogP contribution in [0.2, 0.25) is 0 Å². The third kappa shape index (κ3) is 2.72. The van der Waals surface area contributed by atoms with Crippen LogP contribution in [0.1, 0.15) is 35.3 Å². The van der Waals surface area contributed by atoms with E-state index in [1.807, 2.05) is 24.3 Å². The van der Waals surface area contributed by atoms with Crippen molar-refractivity contribution in [3.8, 4) is 11.3 Å². The van der Waals surface area contributed by atoms with Crippen LogP contribution < -0.4 is 0 Å². The first-order valence-corrected chi connectivity index (χ1v) is 6.57. The van der Waals surface area contributed by atoms with Crippen molar-refractivity contribution in [1.29, 1.82) is 0 Å². The van der Waals surface area contributed by atoms with Gasteiger partial charge in [0.25, 0.3) is 0 Å². The predicted molar refractivity (Wildman–Crippen MR) is 71.4 cm³/mol. The Bertz CT molecular complexity index is 626. The predicted octanol–water partition coefficient (Wildman–Crippen LogP) is 2.50. The van der Waals surface area contributed by atoms with Crippen molar-refractivity contribution in [3.05, 3.63) is 41.6 Å². The van der Waals surface area contributed by atoms with Crippen molar-refractivity contribution < 1.29 is 19.5 Å². The minimum Gasteiger partial charge on any atom is -0.476 e. The number of benzene rings is 1. The van der Waals surface area contributed by atoms with E-state index < -0.39 is 11.6 Å². The molecule has 0 aliphatic heterocycles. The maximum absolute atomic E-state index is 10.7. The molecule has 0 radical (unpaired) electrons. The summed E-state index contributed by atoms with van der Waals surface area (Å²) in [5, 5.41) is 22.1. The molecule has 1 saturated carbocycles. The highest BCUT2D eigenvalue weighted by Gasteiger charge is 2.39. The number of carboxylic acid groups (broad SMARTS) is 1. The quantitative estimate of drug-likeness (QED) is 0.874. The van der Waals surface area contributed by atoms with Gasteiger partial charge >= 0.3 is 5.97 Å². The fraction of sp³-hybridized carbons (Fsp3) is 0.333. The van der Waals surface area contributed by atoms with Crippen molar-refractivity contribution in [2.24, 2.45) is 0 Å². The number of nitrogens with zero attached hydrogens (tertiary/aromatic N) is 1. The minimum absolute atomic E-state index is 0.0972. The van der Waals surface area contributed by atoms with Crippen molar-refractivity contribution in [2.75, 3.05) is 0 Å². The van der Waals surface area contributed by atoms with Gasteiger partial charge < -0.3 is 14.7 Å². The molecule has 1 aromatic carbocycles. The number of hydrogen-bond donors (Lipinski definition) is 2. The van der Waals surface area contributed by atoms with E-state index in [4.69, 9.17) is 9.63 Å². The Morgan fingerprint density at radius 2 is 2.00 bits per heavy atom. The molecule has 104 valence electrons. The largest absolute Gasteiger partial charge is 0.476 e. The van der Waals surface area contributed by atoms with Gasteiger partial charge in [0.2, 0.25) is 0 Å². The summed E-state index contributed by atoms with van der Waals surface area (Å²) in [6.45, 7) is 0. The summed E-state index contributed by atoms with van der Waals surface area (Å²) in [5.74, 6) is -0.663. The Morgan fingerprint density at radius 3 is 2.55 bits per heavy atom. The van der Waals surface area contributed by atoms with Gasteiger partial charge in [-0.2, -0.15) is 0 Å². The van der Waals surface area contributed by atoms with Crippen LogP contribution in [0.15, 0.2) is 34.9 Å². The van der Waals surface area contributed by atoms with Gasteiger partial charge in [-0.15, -0.1) is 0 Å². The second kappa shape index (κ2) is 4.76. The molecule has 5 nitrogen and oxygen atoms in total. The maximum Gasteiger partial charge on any atom is 0.358 e. The molecule has 1 fully saturated rings. The summed E-state index contributed by atoms with van der Waals surface area (Å²) in [5.41, 5.74) is 1.41. The van der Waals surface area contributed by atoms with Gasteiger partial charge in [0.05, 0.1) is 5.60 Å². The van der Waals surface area contributed by atoms with E-state index in [0.717, 1.165) is 36.8 Å². The first-order chi connectivity index (χ1) is 9.56. The summed E-state index contributed by atoms with van der Waals surface area (Å²) >= 11 is 0. The van der Waals surface area contributed by atoms with Gasteiger partial charge in [-0.25, -0.2) is 4.79 Å². The molecule has 1 aromatic heterocycles. The van der Waals surface area contributed by atoms with Crippen LogP contribution in [0.5, 0.6) is 0 Å². The topological polar surface area (TPSA) is 83.6 Å². The standard InChI is InChI=1S/C15H15NO4/c17-14(18)12-9-13(20-16-12)11-3-1-10(2-4-11)5-6-15(19)7-8-15/h1-4,9,19H,5-8H2,(H,17,18). The fourth-order valence-electron chi connectivity index (χ4n) is 2.12. The smallest absolute Gasteiger partial charge is 0.358 e. The second-order valence-corrected chi connectivity index (χ2v) is 5.30. The van der Waals surface area contributed by atoms with Gasteiger partial charge in [-0.05, 0) is 31.2 Å². The normalized spacial score (nSPS) is 16.1. The number of hydrogen-bond acceptors (Lipinski definition) is 4. The van der Waals surface area contributed by atoms with E-state index in [1.54, 1.807) is 0 Å². The lowest BCUT2D eigenvalue weighted by Crippen LogP contribution is -2.07. The number of rotatable bonds is 5. The number of aromatic carboxylic acids is 1. The summed E-state index contributed by atoms with van der Waals surface area (Å²) in [7, 11) is 0. The van der Waals surface area contributed by atoms with Crippen LogP contribution in [0.3, 0.4) is 0 Å². The van der Waals surface area contributed by atoms with E-state index in [1.165, 1.54) is 6.07 Å². The molecule has 0 spiro atoms. The average Bonchev–Trinajstić information content (AvgIpc) is 2.99. The van der Waals surface area contributed by atoms with Crippen molar-refractivity contribution in [1.82, 2.24) is 5.16 Å². The van der Waals surface area contributed by atoms with E-state index in [-0.39, 0.29) is 5.69 Å². The molecule has 0 unspecified atom stereocenters. The molecule has 1 aliphatic rings. The third-order valence-corrected chi connectivity index (χ3v) is 3.67. The van der Waals surface area contributed by atoms with Crippen LogP contribution in [-0.4, -0.2) is 26.9 Å². The van der Waals surface area contributed by atoms with E-state index in [9.17, 15) is 9.90 Å². The Kier molecular flexibility index (Phi) is 3.06. The lowest BCUT2D eigenvalue weighted by Gasteiger charge is -2.07. The molecule has 2 aromatic rings. The summed E-state index contributed by atoms with van der Waals surface area (Å²) in [6.07, 6.45) is 3.44. The maximum atomic E-state index is 10.7. The number of carbonyl (C=O) groups is 1. The van der Waals surface area contributed by atoms with Crippen LogP contribution in [-0.2, 0) is 6.42 Å². The number of aryl methyl sites for hydroxylation is 1. The zero-order valence-electron chi connectivity index (χ0n) is 10.9. The summed E-state index contributed by atoms with van der Waals surface area (Å²) in [6, 6.07) is 9.08. The Labute approximate surface area is 115 Å². The van der Waals surface area contributed by atoms with Crippen molar-refractivity contribution >= 4 is 5.97 Å². The first-order valence-electron chi connectivity index (χ1n) is 6.57. The number of aliphatic hydroxyl groups is 1. The lowest BCUT2D eigenvalue weighted by atomic mass is 10.0. The van der Waals surface area contributed by atoms with Crippen LogP contribution in [0, 0.1) is 0 Å². The molecule has 1 heterocycles. The summed E-state index contributed by atoms with van der Waals surface area (Å²) in [4.78, 5) is 10.7. The van der Waals surface area contributed by atoms with E-state index in [2.05, 4.69) is 5.16 Å². The third-order valence-electron chi connectivity index (χ3n) is 3.67. The highest BCUT2D eigenvalue weighted by molar-refractivity contribution is 5.86. The van der Waals surface area contributed by atoms with Gasteiger partial charge in [-0.3, -0.25) is 0 Å². The van der Waals surface area contributed by atoms with E-state index in [0.29, 0.717) is 5.76 Å². The minimum atomic E-state index is -1.10. The van der Waals surface area contributed by atoms with E-state index >= 15 is 0 Å². The van der Waals surface area contributed by atoms with Gasteiger partial charge in [0.15, 0.2) is 11.5 Å². The molecule has 5 heteroatoms. The monoisotopic (exact) mass is 273 g/mol. The molecular formula is C15H15NO4. The van der Waals surface area contributed by atoms with Crippen LogP contribution in [0.25, 0.3) is 11.3 Å². The molecule has 2 N–H and O–H groups in total. The Hall–Kier alpha value is -2.14. The molecule has 0 amide bonds. The second-order valence-electron chi connectivity index (χ2n) is 5.30. The summed E-state index contributed by atoms with van der Waals surface area (Å²) < 4.78 is 5.01. The zero-order chi connectivity index (χ0) is 14.2. The van der Waals surface area contributed by atoms with Crippen molar-refractivity contribution in [3.63, 3.8) is 0 Å². The highest BCUT2D eigenvalue weighted by Crippen LogP contribution is 2.39. The zero-order valence-corrected chi connectivity index (χ0v) is 10.9. The molecule has 1 aliphatic carbocycles. The van der Waals surface area contributed by atoms with Gasteiger partial charge in [0.1, 0.15) is 0 Å². The first kappa shape index (κ1) is 12.9. The van der Waals surface area contributed by atoms with Crippen LogP contribution in [0.4, 0.5) is 0 Å².